The Morgan fingerprint density at radius 3 is 2.57 bits per heavy atom. The number of anilines is 1. The quantitative estimate of drug-likeness (QED) is 0.721. The van der Waals surface area contributed by atoms with E-state index in [1.54, 1.807) is 6.07 Å². The molecule has 0 amide bonds. The molecule has 2 unspecified atom stereocenters. The maximum Gasteiger partial charge on any atom is 0.417 e. The van der Waals surface area contributed by atoms with Crippen LogP contribution in [0, 0.1) is 17.2 Å². The summed E-state index contributed by atoms with van der Waals surface area (Å²) in [5.41, 5.74) is -0.285. The summed E-state index contributed by atoms with van der Waals surface area (Å²) in [6.45, 7) is 0. The lowest BCUT2D eigenvalue weighted by atomic mass is 9.96. The first kappa shape index (κ1) is 16.2. The predicted octanol–water partition coefficient (Wildman–Crippen LogP) is 5.35. The molecule has 2 atom stereocenters. The minimum atomic E-state index is -4.39. The summed E-state index contributed by atoms with van der Waals surface area (Å²) in [5.74, 6) is -0.148. The summed E-state index contributed by atoms with van der Waals surface area (Å²) in [5, 5.41) is 12.3. The fourth-order valence-electron chi connectivity index (χ4n) is 2.68. The van der Waals surface area contributed by atoms with E-state index in [0.717, 1.165) is 38.2 Å². The van der Waals surface area contributed by atoms with Crippen LogP contribution in [0.2, 0.25) is 0 Å². The second-order valence-electron chi connectivity index (χ2n) is 5.32. The summed E-state index contributed by atoms with van der Waals surface area (Å²) < 4.78 is 38.7. The first-order valence-corrected chi connectivity index (χ1v) is 7.74. The summed E-state index contributed by atoms with van der Waals surface area (Å²) in [6, 6.07) is 6.30. The van der Waals surface area contributed by atoms with Gasteiger partial charge in [-0.3, -0.25) is 0 Å². The highest BCUT2D eigenvalue weighted by molar-refractivity contribution is 9.10. The molecule has 0 saturated heterocycles. The van der Waals surface area contributed by atoms with Gasteiger partial charge in [-0.05, 0) is 31.0 Å². The Balaban J connectivity index is 2.21. The van der Waals surface area contributed by atoms with Crippen LogP contribution < -0.4 is 5.32 Å². The third kappa shape index (κ3) is 4.13. The van der Waals surface area contributed by atoms with E-state index >= 15 is 0 Å². The molecule has 0 spiro atoms. The Hall–Kier alpha value is -1.22. The number of nitrogens with zero attached hydrogens (tertiary/aromatic N) is 1. The van der Waals surface area contributed by atoms with Crippen molar-refractivity contribution in [3.05, 3.63) is 28.2 Å². The van der Waals surface area contributed by atoms with E-state index in [9.17, 15) is 18.4 Å². The molecule has 1 fully saturated rings. The Kier molecular flexibility index (Phi) is 5.15. The van der Waals surface area contributed by atoms with Gasteiger partial charge in [0, 0.05) is 16.2 Å². The van der Waals surface area contributed by atoms with Gasteiger partial charge < -0.3 is 5.32 Å². The molecule has 6 heteroatoms. The van der Waals surface area contributed by atoms with Crippen LogP contribution in [-0.4, -0.2) is 6.04 Å². The van der Waals surface area contributed by atoms with Crippen molar-refractivity contribution in [2.24, 2.45) is 5.92 Å². The van der Waals surface area contributed by atoms with Gasteiger partial charge in [-0.25, -0.2) is 0 Å². The Labute approximate surface area is 130 Å². The van der Waals surface area contributed by atoms with E-state index in [0.29, 0.717) is 5.69 Å². The molecule has 0 heterocycles. The standard InChI is InChI=1S/C15H16BrF3N2/c16-13-7-6-11(8-12(13)15(17,18)19)21-14-5-3-1-2-4-10(14)9-20/h6-8,10,14,21H,1-5H2. The van der Waals surface area contributed by atoms with Crippen LogP contribution in [0.5, 0.6) is 0 Å². The highest BCUT2D eigenvalue weighted by Crippen LogP contribution is 2.37. The van der Waals surface area contributed by atoms with Crippen molar-refractivity contribution in [3.63, 3.8) is 0 Å². The van der Waals surface area contributed by atoms with Crippen molar-refractivity contribution < 1.29 is 13.2 Å². The van der Waals surface area contributed by atoms with Crippen molar-refractivity contribution in [1.82, 2.24) is 0 Å². The second-order valence-corrected chi connectivity index (χ2v) is 6.17. The van der Waals surface area contributed by atoms with Crippen LogP contribution in [0.25, 0.3) is 0 Å². The lowest BCUT2D eigenvalue weighted by Gasteiger charge is -2.23. The normalized spacial score (nSPS) is 23.2. The largest absolute Gasteiger partial charge is 0.417 e. The van der Waals surface area contributed by atoms with E-state index in [1.165, 1.54) is 6.07 Å². The molecule has 2 nitrogen and oxygen atoms in total. The van der Waals surface area contributed by atoms with Gasteiger partial charge >= 0.3 is 6.18 Å². The first-order chi connectivity index (χ1) is 9.91. The zero-order chi connectivity index (χ0) is 15.5. The second kappa shape index (κ2) is 6.69. The van der Waals surface area contributed by atoms with Crippen LogP contribution in [-0.2, 0) is 6.18 Å². The Morgan fingerprint density at radius 2 is 1.90 bits per heavy atom. The lowest BCUT2D eigenvalue weighted by molar-refractivity contribution is -0.138. The van der Waals surface area contributed by atoms with E-state index in [-0.39, 0.29) is 16.4 Å². The number of nitriles is 1. The van der Waals surface area contributed by atoms with Crippen LogP contribution in [0.15, 0.2) is 22.7 Å². The first-order valence-electron chi connectivity index (χ1n) is 6.94. The smallest absolute Gasteiger partial charge is 0.381 e. The number of nitrogens with one attached hydrogen (secondary N) is 1. The Bertz CT molecular complexity index is 537. The van der Waals surface area contributed by atoms with Crippen molar-refractivity contribution >= 4 is 21.6 Å². The molecule has 0 radical (unpaired) electrons. The van der Waals surface area contributed by atoms with Gasteiger partial charge in [0.1, 0.15) is 0 Å². The zero-order valence-corrected chi connectivity index (χ0v) is 13.0. The number of rotatable bonds is 2. The molecule has 114 valence electrons. The maximum atomic E-state index is 12.9. The summed E-state index contributed by atoms with van der Waals surface area (Å²) >= 11 is 2.93. The van der Waals surface area contributed by atoms with Crippen LogP contribution in [0.4, 0.5) is 18.9 Å². The van der Waals surface area contributed by atoms with E-state index < -0.39 is 11.7 Å². The third-order valence-electron chi connectivity index (χ3n) is 3.81. The molecule has 0 bridgehead atoms. The number of hydrogen-bond donors (Lipinski definition) is 1. The van der Waals surface area contributed by atoms with Gasteiger partial charge in [-0.15, -0.1) is 0 Å². The summed E-state index contributed by atoms with van der Waals surface area (Å²) in [4.78, 5) is 0. The van der Waals surface area contributed by atoms with Crippen molar-refractivity contribution in [2.45, 2.75) is 44.3 Å². The van der Waals surface area contributed by atoms with Crippen LogP contribution >= 0.6 is 15.9 Å². The van der Waals surface area contributed by atoms with E-state index in [2.05, 4.69) is 27.3 Å². The molecule has 0 aliphatic heterocycles. The highest BCUT2D eigenvalue weighted by atomic mass is 79.9. The molecule has 1 aliphatic carbocycles. The molecular weight excluding hydrogens is 345 g/mol. The van der Waals surface area contributed by atoms with Crippen LogP contribution in [0.3, 0.4) is 0 Å². The molecular formula is C15H16BrF3N2. The highest BCUT2D eigenvalue weighted by Gasteiger charge is 2.33. The molecule has 1 aliphatic rings. The summed E-state index contributed by atoms with van der Waals surface area (Å²) in [6.07, 6.45) is 0.300. The number of benzene rings is 1. The van der Waals surface area contributed by atoms with Gasteiger partial charge in [0.15, 0.2) is 0 Å². The average Bonchev–Trinajstić information content (AvgIpc) is 2.64. The lowest BCUT2D eigenvalue weighted by Crippen LogP contribution is -2.27. The summed E-state index contributed by atoms with van der Waals surface area (Å²) in [7, 11) is 0. The van der Waals surface area contributed by atoms with Gasteiger partial charge in [-0.2, -0.15) is 18.4 Å². The minimum Gasteiger partial charge on any atom is -0.381 e. The Morgan fingerprint density at radius 1 is 1.19 bits per heavy atom. The van der Waals surface area contributed by atoms with Gasteiger partial charge in [0.05, 0.1) is 17.6 Å². The third-order valence-corrected chi connectivity index (χ3v) is 4.50. The van der Waals surface area contributed by atoms with Gasteiger partial charge in [0.2, 0.25) is 0 Å². The van der Waals surface area contributed by atoms with Crippen molar-refractivity contribution in [3.8, 4) is 6.07 Å². The molecule has 21 heavy (non-hydrogen) atoms. The zero-order valence-electron chi connectivity index (χ0n) is 11.4. The fourth-order valence-corrected chi connectivity index (χ4v) is 3.15. The van der Waals surface area contributed by atoms with E-state index in [4.69, 9.17) is 0 Å². The monoisotopic (exact) mass is 360 g/mol. The SMILES string of the molecule is N#CC1CCCCCC1Nc1ccc(Br)c(C(F)(F)F)c1. The fraction of sp³-hybridized carbons (Fsp3) is 0.533. The molecule has 0 aromatic heterocycles. The number of halogens is 4. The molecule has 1 aromatic carbocycles. The topological polar surface area (TPSA) is 35.8 Å². The average molecular weight is 361 g/mol. The molecule has 2 rings (SSSR count). The number of alkyl halides is 3. The van der Waals surface area contributed by atoms with Crippen molar-refractivity contribution in [1.29, 1.82) is 5.26 Å². The maximum absolute atomic E-state index is 12.9. The molecule has 1 N–H and O–H groups in total. The molecule has 1 aromatic rings. The van der Waals surface area contributed by atoms with E-state index in [1.807, 2.05) is 0 Å². The molecule has 1 saturated carbocycles. The van der Waals surface area contributed by atoms with Crippen LogP contribution in [0.1, 0.15) is 37.7 Å². The van der Waals surface area contributed by atoms with Gasteiger partial charge in [0.25, 0.3) is 0 Å². The number of hydrogen-bond acceptors (Lipinski definition) is 2. The predicted molar refractivity (Wildman–Crippen MR) is 78.7 cm³/mol. The minimum absolute atomic E-state index is 0.0262. The van der Waals surface area contributed by atoms with Crippen molar-refractivity contribution in [2.75, 3.05) is 5.32 Å². The van der Waals surface area contributed by atoms with Gasteiger partial charge in [-0.1, -0.05) is 35.2 Å².